The number of carbonyl (C=O) groups excluding carboxylic acids is 1. The van der Waals surface area contributed by atoms with E-state index in [9.17, 15) is 4.79 Å². The van der Waals surface area contributed by atoms with E-state index >= 15 is 0 Å². The highest BCUT2D eigenvalue weighted by atomic mass is 16.5. The molecule has 0 radical (unpaired) electrons. The van der Waals surface area contributed by atoms with Gasteiger partial charge in [-0.15, -0.1) is 0 Å². The number of hydrogen-bond acceptors (Lipinski definition) is 4. The topological polar surface area (TPSA) is 58.8 Å². The summed E-state index contributed by atoms with van der Waals surface area (Å²) in [6.45, 7) is 2.97. The Morgan fingerprint density at radius 2 is 1.96 bits per heavy atom. The molecule has 3 rings (SSSR count). The molecule has 1 atom stereocenters. The lowest BCUT2D eigenvalue weighted by Crippen LogP contribution is -2.57. The molecular weight excluding hydrogens is 302 g/mol. The zero-order valence-electron chi connectivity index (χ0n) is 13.9. The van der Waals surface area contributed by atoms with Gasteiger partial charge in [0.25, 0.3) is 0 Å². The second kappa shape index (κ2) is 7.36. The summed E-state index contributed by atoms with van der Waals surface area (Å²) in [5, 5.41) is 0. The Balaban J connectivity index is 1.74. The average Bonchev–Trinajstić information content (AvgIpc) is 2.63. The lowest BCUT2D eigenvalue weighted by Gasteiger charge is -2.41. The first-order valence-corrected chi connectivity index (χ1v) is 8.13. The largest absolute Gasteiger partial charge is 0.497 e. The van der Waals surface area contributed by atoms with Crippen LogP contribution in [0.15, 0.2) is 54.6 Å². The molecule has 0 spiro atoms. The number of piperazine rings is 1. The second-order valence-electron chi connectivity index (χ2n) is 6.02. The first kappa shape index (κ1) is 16.3. The Bertz CT molecular complexity index is 690. The van der Waals surface area contributed by atoms with E-state index in [2.05, 4.69) is 21.9 Å². The molecule has 1 aliphatic heterocycles. The van der Waals surface area contributed by atoms with Crippen molar-refractivity contribution in [1.82, 2.24) is 4.90 Å². The van der Waals surface area contributed by atoms with Gasteiger partial charge in [-0.2, -0.15) is 0 Å². The molecule has 1 aliphatic rings. The van der Waals surface area contributed by atoms with Crippen molar-refractivity contribution in [3.63, 3.8) is 0 Å². The Hall–Kier alpha value is -2.53. The van der Waals surface area contributed by atoms with E-state index in [1.54, 1.807) is 7.11 Å². The molecule has 2 aromatic rings. The number of carbonyl (C=O) groups is 1. The normalized spacial score (nSPS) is 18.4. The van der Waals surface area contributed by atoms with E-state index in [0.717, 1.165) is 31.1 Å². The summed E-state index contributed by atoms with van der Waals surface area (Å²) in [7, 11) is 1.66. The van der Waals surface area contributed by atoms with E-state index in [1.807, 2.05) is 42.5 Å². The Morgan fingerprint density at radius 1 is 1.17 bits per heavy atom. The zero-order chi connectivity index (χ0) is 16.9. The van der Waals surface area contributed by atoms with Crippen LogP contribution >= 0.6 is 0 Å². The van der Waals surface area contributed by atoms with Crippen LogP contribution in [0.25, 0.3) is 0 Å². The molecule has 24 heavy (non-hydrogen) atoms. The third kappa shape index (κ3) is 3.68. The molecule has 0 aromatic heterocycles. The molecular formula is C19H23N3O2. The molecule has 126 valence electrons. The summed E-state index contributed by atoms with van der Waals surface area (Å²) in [5.41, 5.74) is 7.92. The summed E-state index contributed by atoms with van der Waals surface area (Å²) in [6.07, 6.45) is 0. The molecule has 1 saturated heterocycles. The minimum atomic E-state index is -0.301. The van der Waals surface area contributed by atoms with Crippen molar-refractivity contribution in [2.75, 3.05) is 31.6 Å². The molecule has 5 heteroatoms. The summed E-state index contributed by atoms with van der Waals surface area (Å²) in [4.78, 5) is 16.3. The van der Waals surface area contributed by atoms with Gasteiger partial charge in [0.15, 0.2) is 0 Å². The van der Waals surface area contributed by atoms with Crippen molar-refractivity contribution in [1.29, 1.82) is 0 Å². The van der Waals surface area contributed by atoms with Crippen molar-refractivity contribution in [3.8, 4) is 5.75 Å². The Kier molecular flexibility index (Phi) is 5.01. The zero-order valence-corrected chi connectivity index (χ0v) is 13.9. The lowest BCUT2D eigenvalue weighted by molar-refractivity contribution is -0.123. The highest BCUT2D eigenvalue weighted by molar-refractivity contribution is 5.81. The Morgan fingerprint density at radius 3 is 2.67 bits per heavy atom. The second-order valence-corrected chi connectivity index (χ2v) is 6.02. The number of nitrogens with two attached hydrogens (primary N) is 1. The number of primary amides is 1. The van der Waals surface area contributed by atoms with Gasteiger partial charge in [-0.05, 0) is 17.7 Å². The van der Waals surface area contributed by atoms with Gasteiger partial charge < -0.3 is 15.4 Å². The molecule has 0 bridgehead atoms. The SMILES string of the molecule is COc1cccc(N2CCN(Cc3ccccc3)C(C(N)=O)C2)c1. The standard InChI is InChI=1S/C19H23N3O2/c1-24-17-9-5-8-16(12-17)21-10-11-22(18(14-21)19(20)23)13-15-6-3-2-4-7-15/h2-9,12,18H,10-11,13-14H2,1H3,(H2,20,23). The number of amides is 1. The minimum Gasteiger partial charge on any atom is -0.497 e. The van der Waals surface area contributed by atoms with Crippen LogP contribution in [0.2, 0.25) is 0 Å². The maximum absolute atomic E-state index is 12.0. The van der Waals surface area contributed by atoms with Gasteiger partial charge in [-0.1, -0.05) is 36.4 Å². The van der Waals surface area contributed by atoms with Crippen molar-refractivity contribution in [2.24, 2.45) is 5.73 Å². The number of nitrogens with zero attached hydrogens (tertiary/aromatic N) is 2. The summed E-state index contributed by atoms with van der Waals surface area (Å²) >= 11 is 0. The molecule has 5 nitrogen and oxygen atoms in total. The molecule has 2 aromatic carbocycles. The monoisotopic (exact) mass is 325 g/mol. The third-order valence-corrected chi connectivity index (χ3v) is 4.47. The lowest BCUT2D eigenvalue weighted by atomic mass is 10.1. The first-order valence-electron chi connectivity index (χ1n) is 8.13. The van der Waals surface area contributed by atoms with Crippen LogP contribution < -0.4 is 15.4 Å². The predicted octanol–water partition coefficient (Wildman–Crippen LogP) is 1.87. The van der Waals surface area contributed by atoms with Gasteiger partial charge in [0.2, 0.25) is 5.91 Å². The average molecular weight is 325 g/mol. The highest BCUT2D eigenvalue weighted by Crippen LogP contribution is 2.24. The van der Waals surface area contributed by atoms with Crippen LogP contribution in [0.1, 0.15) is 5.56 Å². The number of rotatable bonds is 5. The Labute approximate surface area is 142 Å². The number of anilines is 1. The van der Waals surface area contributed by atoms with Crippen LogP contribution in [0, 0.1) is 0 Å². The predicted molar refractivity (Wildman–Crippen MR) is 95.0 cm³/mol. The fourth-order valence-electron chi connectivity index (χ4n) is 3.14. The molecule has 2 N–H and O–H groups in total. The van der Waals surface area contributed by atoms with Crippen molar-refractivity contribution >= 4 is 11.6 Å². The molecule has 1 amide bonds. The third-order valence-electron chi connectivity index (χ3n) is 4.47. The van der Waals surface area contributed by atoms with Crippen molar-refractivity contribution in [2.45, 2.75) is 12.6 Å². The maximum atomic E-state index is 12.0. The smallest absolute Gasteiger partial charge is 0.236 e. The number of benzene rings is 2. The quantitative estimate of drug-likeness (QED) is 0.912. The van der Waals surface area contributed by atoms with Crippen molar-refractivity contribution in [3.05, 3.63) is 60.2 Å². The van der Waals surface area contributed by atoms with Gasteiger partial charge in [0.05, 0.1) is 7.11 Å². The number of hydrogen-bond donors (Lipinski definition) is 1. The summed E-state index contributed by atoms with van der Waals surface area (Å²) in [5.74, 6) is 0.536. The van der Waals surface area contributed by atoms with E-state index in [-0.39, 0.29) is 11.9 Å². The van der Waals surface area contributed by atoms with E-state index in [1.165, 1.54) is 5.56 Å². The molecule has 1 fully saturated rings. The van der Waals surface area contributed by atoms with E-state index in [0.29, 0.717) is 6.54 Å². The van der Waals surface area contributed by atoms with Crippen LogP contribution in [0.4, 0.5) is 5.69 Å². The van der Waals surface area contributed by atoms with Gasteiger partial charge in [0.1, 0.15) is 11.8 Å². The maximum Gasteiger partial charge on any atom is 0.236 e. The number of methoxy groups -OCH3 is 1. The summed E-state index contributed by atoms with van der Waals surface area (Å²) < 4.78 is 5.29. The minimum absolute atomic E-state index is 0.279. The van der Waals surface area contributed by atoms with Gasteiger partial charge in [0, 0.05) is 37.9 Å². The first-order chi connectivity index (χ1) is 11.7. The van der Waals surface area contributed by atoms with Crippen LogP contribution in [0.5, 0.6) is 5.75 Å². The molecule has 0 saturated carbocycles. The van der Waals surface area contributed by atoms with E-state index < -0.39 is 0 Å². The van der Waals surface area contributed by atoms with Crippen LogP contribution in [0.3, 0.4) is 0 Å². The van der Waals surface area contributed by atoms with Gasteiger partial charge in [-0.25, -0.2) is 0 Å². The molecule has 1 heterocycles. The fourth-order valence-corrected chi connectivity index (χ4v) is 3.14. The van der Waals surface area contributed by atoms with Crippen molar-refractivity contribution < 1.29 is 9.53 Å². The van der Waals surface area contributed by atoms with E-state index in [4.69, 9.17) is 10.5 Å². The molecule has 1 unspecified atom stereocenters. The van der Waals surface area contributed by atoms with Gasteiger partial charge >= 0.3 is 0 Å². The molecule has 0 aliphatic carbocycles. The van der Waals surface area contributed by atoms with Crippen LogP contribution in [-0.2, 0) is 11.3 Å². The van der Waals surface area contributed by atoms with Crippen LogP contribution in [-0.4, -0.2) is 43.6 Å². The number of ether oxygens (including phenoxy) is 1. The summed E-state index contributed by atoms with van der Waals surface area (Å²) in [6, 6.07) is 17.8. The fraction of sp³-hybridized carbons (Fsp3) is 0.316. The highest BCUT2D eigenvalue weighted by Gasteiger charge is 2.31. The van der Waals surface area contributed by atoms with Gasteiger partial charge in [-0.3, -0.25) is 9.69 Å².